The minimum atomic E-state index is -0.142. The number of hydrogen-bond acceptors (Lipinski definition) is 4. The fourth-order valence-electron chi connectivity index (χ4n) is 2.10. The molecule has 0 bridgehead atoms. The summed E-state index contributed by atoms with van der Waals surface area (Å²) in [7, 11) is 0. The third kappa shape index (κ3) is 5.37. The van der Waals surface area contributed by atoms with Gasteiger partial charge in [-0.15, -0.1) is 0 Å². The number of fused-ring (bicyclic) bond motifs is 1. The first kappa shape index (κ1) is 20.2. The first-order valence-electron chi connectivity index (χ1n) is 7.41. The van der Waals surface area contributed by atoms with Crippen molar-refractivity contribution >= 4 is 33.5 Å². The van der Waals surface area contributed by atoms with Gasteiger partial charge in [-0.3, -0.25) is 9.89 Å². The molecule has 0 saturated heterocycles. The molecular formula is C14H22BrN4NaOS. The van der Waals surface area contributed by atoms with Crippen LogP contribution < -0.4 is 35.1 Å². The molecule has 0 aliphatic heterocycles. The van der Waals surface area contributed by atoms with Gasteiger partial charge in [-0.1, -0.05) is 50.8 Å². The van der Waals surface area contributed by atoms with Crippen LogP contribution in [0.2, 0.25) is 0 Å². The summed E-state index contributed by atoms with van der Waals surface area (Å²) in [6.07, 6.45) is 7.69. The first-order valence-corrected chi connectivity index (χ1v) is 9.19. The summed E-state index contributed by atoms with van der Waals surface area (Å²) in [5.74, 6) is 1.45. The van der Waals surface area contributed by atoms with Crippen molar-refractivity contribution < 1.29 is 31.0 Å². The molecule has 0 spiro atoms. The second kappa shape index (κ2) is 10.1. The van der Waals surface area contributed by atoms with Crippen molar-refractivity contribution in [3.05, 3.63) is 20.5 Å². The molecule has 5 nitrogen and oxygen atoms in total. The van der Waals surface area contributed by atoms with E-state index in [0.29, 0.717) is 15.9 Å². The monoisotopic (exact) mass is 396 g/mol. The van der Waals surface area contributed by atoms with Gasteiger partial charge in [0, 0.05) is 5.75 Å². The third-order valence-electron chi connectivity index (χ3n) is 3.32. The van der Waals surface area contributed by atoms with Gasteiger partial charge in [0.25, 0.3) is 11.3 Å². The molecule has 0 amide bonds. The van der Waals surface area contributed by atoms with Gasteiger partial charge in [0.15, 0.2) is 5.16 Å². The van der Waals surface area contributed by atoms with E-state index >= 15 is 0 Å². The van der Waals surface area contributed by atoms with E-state index in [9.17, 15) is 4.79 Å². The maximum atomic E-state index is 12.0. The molecule has 0 atom stereocenters. The van der Waals surface area contributed by atoms with E-state index in [1.165, 1.54) is 43.0 Å². The van der Waals surface area contributed by atoms with Gasteiger partial charge in [0.2, 0.25) is 0 Å². The topological polar surface area (TPSA) is 63.1 Å². The first-order chi connectivity index (χ1) is 10.1. The van der Waals surface area contributed by atoms with Crippen LogP contribution in [0.15, 0.2) is 14.4 Å². The normalized spacial score (nSPS) is 10.9. The van der Waals surface area contributed by atoms with Crippen LogP contribution in [0.5, 0.6) is 0 Å². The zero-order valence-electron chi connectivity index (χ0n) is 14.5. The van der Waals surface area contributed by atoms with Crippen molar-refractivity contribution in [1.82, 2.24) is 19.6 Å². The van der Waals surface area contributed by atoms with E-state index in [0.717, 1.165) is 10.9 Å². The second-order valence-electron chi connectivity index (χ2n) is 5.10. The molecule has 0 aliphatic carbocycles. The molecule has 22 heavy (non-hydrogen) atoms. The number of H-pyrrole nitrogens is 1. The average molecular weight is 397 g/mol. The third-order valence-corrected chi connectivity index (χ3v) is 5.18. The van der Waals surface area contributed by atoms with Crippen LogP contribution >= 0.6 is 27.7 Å². The Kier molecular flexibility index (Phi) is 9.31. The number of unbranched alkanes of at least 4 members (excludes halogenated alkanes) is 5. The van der Waals surface area contributed by atoms with Crippen molar-refractivity contribution in [1.29, 1.82) is 0 Å². The summed E-state index contributed by atoms with van der Waals surface area (Å²) < 4.78 is 1.87. The molecule has 0 aromatic carbocycles. The second-order valence-corrected chi connectivity index (χ2v) is 6.97. The Morgan fingerprint density at radius 3 is 2.64 bits per heavy atom. The summed E-state index contributed by atoms with van der Waals surface area (Å²) in [5.41, 5.74) is 0.524. The molecule has 0 radical (unpaired) electrons. The van der Waals surface area contributed by atoms with E-state index in [2.05, 4.69) is 37.9 Å². The molecule has 2 aromatic heterocycles. The summed E-state index contributed by atoms with van der Waals surface area (Å²) in [6, 6.07) is 0. The predicted octanol–water partition coefficient (Wildman–Crippen LogP) is 1.06. The molecule has 1 N–H and O–H groups in total. The SMILES string of the molecule is CCCCCCCCSc1nc2nc(C)c(Br)c(=O)n2[nH]1.[H-].[Na+]. The molecule has 118 valence electrons. The Hall–Kier alpha value is 0.180. The van der Waals surface area contributed by atoms with Gasteiger partial charge in [0.1, 0.15) is 4.47 Å². The fourth-order valence-corrected chi connectivity index (χ4v) is 3.21. The Morgan fingerprint density at radius 2 is 1.91 bits per heavy atom. The van der Waals surface area contributed by atoms with Crippen LogP contribution in [0.4, 0.5) is 0 Å². The number of halogens is 1. The van der Waals surface area contributed by atoms with E-state index in [1.54, 1.807) is 18.7 Å². The van der Waals surface area contributed by atoms with Crippen LogP contribution in [-0.2, 0) is 0 Å². The number of aryl methyl sites for hydroxylation is 1. The summed E-state index contributed by atoms with van der Waals surface area (Å²) >= 11 is 4.90. The zero-order chi connectivity index (χ0) is 15.2. The number of nitrogens with one attached hydrogen (secondary N) is 1. The maximum Gasteiger partial charge on any atom is 1.00 e. The summed E-state index contributed by atoms with van der Waals surface area (Å²) in [5, 5.41) is 3.76. The molecule has 0 fully saturated rings. The molecule has 8 heteroatoms. The number of aromatic nitrogens is 4. The van der Waals surface area contributed by atoms with Crippen LogP contribution in [-0.4, -0.2) is 25.3 Å². The maximum absolute atomic E-state index is 12.0. The summed E-state index contributed by atoms with van der Waals surface area (Å²) in [6.45, 7) is 4.02. The van der Waals surface area contributed by atoms with Crippen LogP contribution in [0.25, 0.3) is 5.78 Å². The fraction of sp³-hybridized carbons (Fsp3) is 0.643. The number of thioether (sulfide) groups is 1. The molecule has 0 saturated carbocycles. The van der Waals surface area contributed by atoms with Gasteiger partial charge in [-0.25, -0.2) is 4.98 Å². The van der Waals surface area contributed by atoms with Gasteiger partial charge >= 0.3 is 29.6 Å². The Morgan fingerprint density at radius 1 is 1.23 bits per heavy atom. The Balaban J connectivity index is 0.00000242. The molecule has 0 aliphatic rings. The van der Waals surface area contributed by atoms with E-state index in [4.69, 9.17) is 0 Å². The van der Waals surface area contributed by atoms with Crippen molar-refractivity contribution in [3.63, 3.8) is 0 Å². The quantitative estimate of drug-likeness (QED) is 0.411. The minimum absolute atomic E-state index is 0. The Bertz CT molecular complexity index is 664. The average Bonchev–Trinajstić information content (AvgIpc) is 2.87. The standard InChI is InChI=1S/C14H21BrN4OS.Na.H/c1-3-4-5-6-7-8-9-21-14-17-13-16-10(2)11(15)12(20)19(13)18-14;;/h3-9H2,1-2H3,(H,16,17,18);;/q;+1;-1. The minimum Gasteiger partial charge on any atom is -1.00 e. The van der Waals surface area contributed by atoms with Gasteiger partial charge in [0.05, 0.1) is 5.69 Å². The van der Waals surface area contributed by atoms with Crippen molar-refractivity contribution in [2.24, 2.45) is 0 Å². The van der Waals surface area contributed by atoms with E-state index in [1.807, 2.05) is 0 Å². The molecular weight excluding hydrogens is 375 g/mol. The number of rotatable bonds is 8. The largest absolute Gasteiger partial charge is 1.00 e. The van der Waals surface area contributed by atoms with Crippen molar-refractivity contribution in [2.75, 3.05) is 5.75 Å². The van der Waals surface area contributed by atoms with Gasteiger partial charge in [-0.05, 0) is 29.3 Å². The number of nitrogens with zero attached hydrogens (tertiary/aromatic N) is 3. The van der Waals surface area contributed by atoms with Crippen LogP contribution in [0.1, 0.15) is 52.6 Å². The molecule has 0 unspecified atom stereocenters. The number of aromatic amines is 1. The molecule has 2 heterocycles. The van der Waals surface area contributed by atoms with Crippen LogP contribution in [0.3, 0.4) is 0 Å². The van der Waals surface area contributed by atoms with E-state index < -0.39 is 0 Å². The van der Waals surface area contributed by atoms with Gasteiger partial charge < -0.3 is 1.43 Å². The smallest absolute Gasteiger partial charge is 1.00 e. The zero-order valence-corrected chi connectivity index (χ0v) is 17.9. The predicted molar refractivity (Wildman–Crippen MR) is 91.3 cm³/mol. The van der Waals surface area contributed by atoms with Crippen molar-refractivity contribution in [3.8, 4) is 0 Å². The summed E-state index contributed by atoms with van der Waals surface area (Å²) in [4.78, 5) is 20.7. The number of hydrogen-bond donors (Lipinski definition) is 1. The van der Waals surface area contributed by atoms with E-state index in [-0.39, 0.29) is 36.5 Å². The van der Waals surface area contributed by atoms with Crippen LogP contribution in [0, 0.1) is 6.92 Å². The molecule has 2 rings (SSSR count). The van der Waals surface area contributed by atoms with Gasteiger partial charge in [-0.2, -0.15) is 9.50 Å². The Labute approximate surface area is 167 Å². The van der Waals surface area contributed by atoms with Crippen molar-refractivity contribution in [2.45, 2.75) is 57.5 Å². The molecule has 2 aromatic rings.